The number of nitrogens with zero attached hydrogens (tertiary/aromatic N) is 3. The van der Waals surface area contributed by atoms with E-state index in [2.05, 4.69) is 10.3 Å². The Morgan fingerprint density at radius 2 is 1.84 bits per heavy atom. The highest BCUT2D eigenvalue weighted by molar-refractivity contribution is 5.96. The fraction of sp³-hybridized carbons (Fsp3) is 0.208. The summed E-state index contributed by atoms with van der Waals surface area (Å²) in [6.45, 7) is 1.79. The maximum absolute atomic E-state index is 14.0. The number of aromatic nitrogens is 1. The minimum atomic E-state index is -0.311. The lowest BCUT2D eigenvalue weighted by molar-refractivity contribution is 0.0951. The van der Waals surface area contributed by atoms with Crippen LogP contribution >= 0.6 is 0 Å². The van der Waals surface area contributed by atoms with Crippen LogP contribution in [-0.2, 0) is 13.1 Å². The van der Waals surface area contributed by atoms with Gasteiger partial charge in [0.05, 0.1) is 6.54 Å². The van der Waals surface area contributed by atoms with Crippen LogP contribution in [-0.4, -0.2) is 34.9 Å². The highest BCUT2D eigenvalue weighted by atomic mass is 19.1. The van der Waals surface area contributed by atoms with Crippen molar-refractivity contribution in [3.63, 3.8) is 0 Å². The van der Waals surface area contributed by atoms with E-state index in [1.165, 1.54) is 6.07 Å². The van der Waals surface area contributed by atoms with Gasteiger partial charge in [0, 0.05) is 48.8 Å². The van der Waals surface area contributed by atoms with Crippen LogP contribution in [0.4, 0.5) is 14.9 Å². The standard InChI is InChI=1S/C24H23FN4O2/c25-22-7-2-1-6-20(22)17-28-13-4-14-29(24(28)31)21-10-8-19(9-11-21)23(30)27-16-18-5-3-12-26-15-18/h1-3,5-12,15H,4,13-14,16-17H2,(H,27,30). The predicted molar refractivity (Wildman–Crippen MR) is 116 cm³/mol. The third-order valence-electron chi connectivity index (χ3n) is 5.25. The molecule has 3 amide bonds. The first-order valence-electron chi connectivity index (χ1n) is 10.2. The molecule has 158 valence electrons. The number of rotatable bonds is 6. The minimum Gasteiger partial charge on any atom is -0.348 e. The number of pyridine rings is 1. The van der Waals surface area contributed by atoms with Crippen molar-refractivity contribution in [3.8, 4) is 0 Å². The third-order valence-corrected chi connectivity index (χ3v) is 5.25. The molecule has 4 rings (SSSR count). The number of amides is 3. The number of urea groups is 1. The van der Waals surface area contributed by atoms with Gasteiger partial charge in [-0.1, -0.05) is 24.3 Å². The zero-order valence-electron chi connectivity index (χ0n) is 17.0. The predicted octanol–water partition coefficient (Wildman–Crippen LogP) is 3.98. The molecule has 1 saturated heterocycles. The van der Waals surface area contributed by atoms with Gasteiger partial charge in [-0.15, -0.1) is 0 Å². The Balaban J connectivity index is 1.40. The van der Waals surface area contributed by atoms with Crippen LogP contribution in [0.1, 0.15) is 27.9 Å². The molecule has 2 heterocycles. The third kappa shape index (κ3) is 4.88. The van der Waals surface area contributed by atoms with E-state index in [0.29, 0.717) is 36.4 Å². The molecule has 0 atom stereocenters. The molecule has 1 aliphatic rings. The van der Waals surface area contributed by atoms with Crippen molar-refractivity contribution in [2.75, 3.05) is 18.0 Å². The van der Waals surface area contributed by atoms with Gasteiger partial charge >= 0.3 is 6.03 Å². The molecule has 0 bridgehead atoms. The van der Waals surface area contributed by atoms with Gasteiger partial charge in [0.1, 0.15) is 5.82 Å². The number of carbonyl (C=O) groups is 2. The first-order valence-corrected chi connectivity index (χ1v) is 10.2. The number of anilines is 1. The SMILES string of the molecule is O=C(NCc1cccnc1)c1ccc(N2CCCN(Cc3ccccc3F)C2=O)cc1. The topological polar surface area (TPSA) is 65.5 Å². The van der Waals surface area contributed by atoms with Crippen molar-refractivity contribution in [2.24, 2.45) is 0 Å². The minimum absolute atomic E-state index is 0.164. The van der Waals surface area contributed by atoms with E-state index < -0.39 is 0 Å². The molecular formula is C24H23FN4O2. The molecule has 0 aliphatic carbocycles. The summed E-state index contributed by atoms with van der Waals surface area (Å²) < 4.78 is 14.0. The lowest BCUT2D eigenvalue weighted by Crippen LogP contribution is -2.49. The fourth-order valence-corrected chi connectivity index (χ4v) is 3.58. The highest BCUT2D eigenvalue weighted by Gasteiger charge is 2.27. The summed E-state index contributed by atoms with van der Waals surface area (Å²) in [5.74, 6) is -0.504. The normalized spacial score (nSPS) is 13.9. The van der Waals surface area contributed by atoms with Crippen molar-refractivity contribution in [2.45, 2.75) is 19.5 Å². The molecule has 0 radical (unpaired) electrons. The molecule has 1 aromatic heterocycles. The average molecular weight is 418 g/mol. The Morgan fingerprint density at radius 3 is 2.58 bits per heavy atom. The van der Waals surface area contributed by atoms with Gasteiger partial charge in [-0.25, -0.2) is 9.18 Å². The molecule has 1 aliphatic heterocycles. The lowest BCUT2D eigenvalue weighted by atomic mass is 10.1. The Bertz CT molecular complexity index is 1060. The van der Waals surface area contributed by atoms with Crippen molar-refractivity contribution >= 4 is 17.6 Å². The quantitative estimate of drug-likeness (QED) is 0.659. The van der Waals surface area contributed by atoms with Gasteiger partial charge in [-0.3, -0.25) is 14.7 Å². The number of carbonyl (C=O) groups excluding carboxylic acids is 2. The summed E-state index contributed by atoms with van der Waals surface area (Å²) in [7, 11) is 0. The van der Waals surface area contributed by atoms with Gasteiger partial charge in [0.2, 0.25) is 0 Å². The molecule has 0 saturated carbocycles. The molecule has 2 aromatic carbocycles. The Morgan fingerprint density at radius 1 is 1.03 bits per heavy atom. The van der Waals surface area contributed by atoms with Crippen molar-refractivity contribution in [1.82, 2.24) is 15.2 Å². The van der Waals surface area contributed by atoms with Crippen LogP contribution in [0.5, 0.6) is 0 Å². The lowest BCUT2D eigenvalue weighted by Gasteiger charge is -2.35. The maximum Gasteiger partial charge on any atom is 0.324 e. The molecule has 31 heavy (non-hydrogen) atoms. The molecule has 7 heteroatoms. The number of nitrogens with one attached hydrogen (secondary N) is 1. The van der Waals surface area contributed by atoms with Gasteiger partial charge < -0.3 is 10.2 Å². The second kappa shape index (κ2) is 9.38. The number of halogens is 1. The van der Waals surface area contributed by atoms with Gasteiger partial charge in [-0.2, -0.15) is 0 Å². The molecular weight excluding hydrogens is 395 g/mol. The van der Waals surface area contributed by atoms with E-state index >= 15 is 0 Å². The van der Waals surface area contributed by atoms with E-state index in [1.807, 2.05) is 12.1 Å². The Hall–Kier alpha value is -3.74. The molecule has 0 spiro atoms. The van der Waals surface area contributed by atoms with E-state index in [4.69, 9.17) is 0 Å². The van der Waals surface area contributed by atoms with Gasteiger partial charge in [-0.05, 0) is 48.4 Å². The summed E-state index contributed by atoms with van der Waals surface area (Å²) in [5.41, 5.74) is 2.65. The van der Waals surface area contributed by atoms with Crippen LogP contribution < -0.4 is 10.2 Å². The number of hydrogen-bond donors (Lipinski definition) is 1. The zero-order chi connectivity index (χ0) is 21.6. The van der Waals surface area contributed by atoms with Crippen LogP contribution in [0.3, 0.4) is 0 Å². The summed E-state index contributed by atoms with van der Waals surface area (Å²) in [4.78, 5) is 32.7. The maximum atomic E-state index is 14.0. The number of hydrogen-bond acceptors (Lipinski definition) is 3. The Kier molecular flexibility index (Phi) is 6.21. The number of benzene rings is 2. The van der Waals surface area contributed by atoms with Crippen molar-refractivity contribution < 1.29 is 14.0 Å². The summed E-state index contributed by atoms with van der Waals surface area (Å²) in [6.07, 6.45) is 4.18. The van der Waals surface area contributed by atoms with Gasteiger partial charge in [0.25, 0.3) is 5.91 Å². The van der Waals surface area contributed by atoms with Crippen LogP contribution in [0.15, 0.2) is 73.1 Å². The van der Waals surface area contributed by atoms with E-state index in [1.54, 1.807) is 64.7 Å². The van der Waals surface area contributed by atoms with Crippen LogP contribution in [0.25, 0.3) is 0 Å². The second-order valence-electron chi connectivity index (χ2n) is 7.39. The van der Waals surface area contributed by atoms with E-state index in [-0.39, 0.29) is 24.3 Å². The molecule has 6 nitrogen and oxygen atoms in total. The van der Waals surface area contributed by atoms with Crippen LogP contribution in [0.2, 0.25) is 0 Å². The van der Waals surface area contributed by atoms with Crippen molar-refractivity contribution in [1.29, 1.82) is 0 Å². The first-order chi connectivity index (χ1) is 15.1. The molecule has 1 N–H and O–H groups in total. The second-order valence-corrected chi connectivity index (χ2v) is 7.39. The Labute approximate surface area is 180 Å². The highest BCUT2D eigenvalue weighted by Crippen LogP contribution is 2.22. The van der Waals surface area contributed by atoms with E-state index in [9.17, 15) is 14.0 Å². The summed E-state index contributed by atoms with van der Waals surface area (Å²) in [5, 5.41) is 2.86. The van der Waals surface area contributed by atoms with Crippen LogP contribution in [0, 0.1) is 5.82 Å². The monoisotopic (exact) mass is 418 g/mol. The molecule has 3 aromatic rings. The fourth-order valence-electron chi connectivity index (χ4n) is 3.58. The van der Waals surface area contributed by atoms with E-state index in [0.717, 1.165) is 12.0 Å². The first kappa shape index (κ1) is 20.5. The largest absolute Gasteiger partial charge is 0.348 e. The van der Waals surface area contributed by atoms with Crippen molar-refractivity contribution in [3.05, 3.63) is 95.6 Å². The molecule has 0 unspecified atom stereocenters. The van der Waals surface area contributed by atoms with Gasteiger partial charge in [0.15, 0.2) is 0 Å². The molecule has 1 fully saturated rings. The zero-order valence-corrected chi connectivity index (χ0v) is 17.0. The average Bonchev–Trinajstić information content (AvgIpc) is 2.81. The smallest absolute Gasteiger partial charge is 0.324 e. The summed E-state index contributed by atoms with van der Waals surface area (Å²) >= 11 is 0. The summed E-state index contributed by atoms with van der Waals surface area (Å²) in [6, 6.07) is 17.0.